The van der Waals surface area contributed by atoms with Crippen molar-refractivity contribution in [1.82, 2.24) is 9.80 Å². The Morgan fingerprint density at radius 3 is 2.90 bits per heavy atom. The van der Waals surface area contributed by atoms with Gasteiger partial charge in [-0.1, -0.05) is 6.07 Å². The minimum absolute atomic E-state index is 0.504. The third-order valence-electron chi connectivity index (χ3n) is 3.87. The predicted molar refractivity (Wildman–Crippen MR) is 84.4 cm³/mol. The second-order valence-electron chi connectivity index (χ2n) is 5.43. The number of likely N-dealkylation sites (N-methyl/N-ethyl adjacent to an activating group) is 2. The van der Waals surface area contributed by atoms with Crippen molar-refractivity contribution in [2.75, 3.05) is 57.9 Å². The van der Waals surface area contributed by atoms with E-state index in [0.717, 1.165) is 37.6 Å². The monoisotopic (exact) mass is 278 g/mol. The van der Waals surface area contributed by atoms with E-state index in [4.69, 9.17) is 10.5 Å². The van der Waals surface area contributed by atoms with Gasteiger partial charge in [0.15, 0.2) is 0 Å². The maximum absolute atomic E-state index is 6.14. The molecule has 0 spiro atoms. The van der Waals surface area contributed by atoms with Crippen molar-refractivity contribution < 1.29 is 4.74 Å². The maximum Gasteiger partial charge on any atom is 0.144 e. The van der Waals surface area contributed by atoms with Gasteiger partial charge in [-0.3, -0.25) is 4.90 Å². The van der Waals surface area contributed by atoms with E-state index >= 15 is 0 Å². The van der Waals surface area contributed by atoms with Crippen LogP contribution in [0.3, 0.4) is 0 Å². The number of anilines is 2. The molecule has 0 saturated carbocycles. The smallest absolute Gasteiger partial charge is 0.144 e. The Kier molecular flexibility index (Phi) is 5.09. The molecule has 112 valence electrons. The average Bonchev–Trinajstić information content (AvgIpc) is 2.43. The second-order valence-corrected chi connectivity index (χ2v) is 5.43. The first-order valence-electron chi connectivity index (χ1n) is 7.25. The van der Waals surface area contributed by atoms with Crippen LogP contribution in [0, 0.1) is 0 Å². The summed E-state index contributed by atoms with van der Waals surface area (Å²) in [5.41, 5.74) is 7.79. The summed E-state index contributed by atoms with van der Waals surface area (Å²) in [5, 5.41) is 3.46. The summed E-state index contributed by atoms with van der Waals surface area (Å²) in [7, 11) is 4.35. The Morgan fingerprint density at radius 2 is 2.15 bits per heavy atom. The number of hydrogen-bond donors (Lipinski definition) is 2. The molecular formula is C15H26N4O. The highest BCUT2D eigenvalue weighted by molar-refractivity contribution is 5.72. The summed E-state index contributed by atoms with van der Waals surface area (Å²) in [5.74, 6) is 0.756. The van der Waals surface area contributed by atoms with Crippen molar-refractivity contribution in [1.29, 1.82) is 0 Å². The standard InChI is InChI=1S/C15H26N4O/c1-4-20-14-7-5-6-13(15(14)16)17-10-12-11-18(2)8-9-19(12)3/h5-7,12,17H,4,8-11,16H2,1-3H3. The van der Waals surface area contributed by atoms with E-state index in [9.17, 15) is 0 Å². The topological polar surface area (TPSA) is 53.8 Å². The molecule has 2 rings (SSSR count). The SMILES string of the molecule is CCOc1cccc(NCC2CN(C)CCN2C)c1N. The number of nitrogens with one attached hydrogen (secondary N) is 1. The molecule has 0 aliphatic carbocycles. The van der Waals surface area contributed by atoms with E-state index < -0.39 is 0 Å². The van der Waals surface area contributed by atoms with Gasteiger partial charge in [0.1, 0.15) is 5.75 Å². The zero-order valence-electron chi connectivity index (χ0n) is 12.7. The van der Waals surface area contributed by atoms with E-state index in [1.54, 1.807) is 0 Å². The zero-order chi connectivity index (χ0) is 14.5. The summed E-state index contributed by atoms with van der Waals surface area (Å²) < 4.78 is 5.52. The van der Waals surface area contributed by atoms with Crippen molar-refractivity contribution in [3.63, 3.8) is 0 Å². The van der Waals surface area contributed by atoms with Crippen LogP contribution in [0.1, 0.15) is 6.92 Å². The molecule has 5 heteroatoms. The third kappa shape index (κ3) is 3.55. The van der Waals surface area contributed by atoms with Crippen molar-refractivity contribution in [2.45, 2.75) is 13.0 Å². The number of nitrogens with zero attached hydrogens (tertiary/aromatic N) is 2. The first kappa shape index (κ1) is 14.9. The lowest BCUT2D eigenvalue weighted by molar-refractivity contribution is 0.122. The molecule has 1 heterocycles. The lowest BCUT2D eigenvalue weighted by Crippen LogP contribution is -2.52. The molecule has 0 radical (unpaired) electrons. The Balaban J connectivity index is 1.98. The fraction of sp³-hybridized carbons (Fsp3) is 0.600. The minimum atomic E-state index is 0.504. The highest BCUT2D eigenvalue weighted by atomic mass is 16.5. The second kappa shape index (κ2) is 6.81. The fourth-order valence-electron chi connectivity index (χ4n) is 2.53. The number of rotatable bonds is 5. The van der Waals surface area contributed by atoms with Gasteiger partial charge in [-0.25, -0.2) is 0 Å². The molecule has 5 nitrogen and oxygen atoms in total. The largest absolute Gasteiger partial charge is 0.492 e. The van der Waals surface area contributed by atoms with E-state index in [1.165, 1.54) is 0 Å². The van der Waals surface area contributed by atoms with Gasteiger partial charge in [-0.2, -0.15) is 0 Å². The lowest BCUT2D eigenvalue weighted by Gasteiger charge is -2.38. The molecule has 1 aromatic rings. The van der Waals surface area contributed by atoms with Crippen LogP contribution in [0.2, 0.25) is 0 Å². The van der Waals surface area contributed by atoms with Gasteiger partial charge in [0.25, 0.3) is 0 Å². The number of benzene rings is 1. The summed E-state index contributed by atoms with van der Waals surface area (Å²) in [6.07, 6.45) is 0. The number of hydrogen-bond acceptors (Lipinski definition) is 5. The molecule has 3 N–H and O–H groups in total. The highest BCUT2D eigenvalue weighted by Gasteiger charge is 2.22. The fourth-order valence-corrected chi connectivity index (χ4v) is 2.53. The maximum atomic E-state index is 6.14. The van der Waals surface area contributed by atoms with Crippen molar-refractivity contribution >= 4 is 11.4 Å². The van der Waals surface area contributed by atoms with Crippen LogP contribution < -0.4 is 15.8 Å². The number of nitrogens with two attached hydrogens (primary N) is 1. The Morgan fingerprint density at radius 1 is 1.35 bits per heavy atom. The molecular weight excluding hydrogens is 252 g/mol. The molecule has 1 fully saturated rings. The minimum Gasteiger partial charge on any atom is -0.492 e. The summed E-state index contributed by atoms with van der Waals surface area (Å²) >= 11 is 0. The number of para-hydroxylation sites is 1. The van der Waals surface area contributed by atoms with Crippen LogP contribution in [0.4, 0.5) is 11.4 Å². The van der Waals surface area contributed by atoms with E-state index in [1.807, 2.05) is 25.1 Å². The molecule has 0 aromatic heterocycles. The van der Waals surface area contributed by atoms with Gasteiger partial charge in [0, 0.05) is 32.2 Å². The van der Waals surface area contributed by atoms with Crippen LogP contribution in [0.5, 0.6) is 5.75 Å². The molecule has 1 saturated heterocycles. The highest BCUT2D eigenvalue weighted by Crippen LogP contribution is 2.29. The Hall–Kier alpha value is -1.46. The predicted octanol–water partition coefficient (Wildman–Crippen LogP) is 1.33. The molecule has 20 heavy (non-hydrogen) atoms. The quantitative estimate of drug-likeness (QED) is 0.796. The van der Waals surface area contributed by atoms with Gasteiger partial charge in [0.05, 0.1) is 18.0 Å². The molecule has 1 aliphatic heterocycles. The number of nitrogen functional groups attached to an aromatic ring is 1. The van der Waals surface area contributed by atoms with Crippen molar-refractivity contribution in [3.8, 4) is 5.75 Å². The number of piperazine rings is 1. The van der Waals surface area contributed by atoms with E-state index in [-0.39, 0.29) is 0 Å². The molecule has 0 bridgehead atoms. The van der Waals surface area contributed by atoms with Gasteiger partial charge in [-0.15, -0.1) is 0 Å². The third-order valence-corrected chi connectivity index (χ3v) is 3.87. The molecule has 1 atom stereocenters. The molecule has 1 unspecified atom stereocenters. The summed E-state index contributed by atoms with van der Waals surface area (Å²) in [6.45, 7) is 6.80. The van der Waals surface area contributed by atoms with Crippen molar-refractivity contribution in [3.05, 3.63) is 18.2 Å². The number of ether oxygens (including phenoxy) is 1. The van der Waals surface area contributed by atoms with Gasteiger partial charge in [-0.05, 0) is 33.2 Å². The van der Waals surface area contributed by atoms with Gasteiger partial charge in [0.2, 0.25) is 0 Å². The summed E-state index contributed by atoms with van der Waals surface area (Å²) in [4.78, 5) is 4.77. The van der Waals surface area contributed by atoms with Crippen molar-refractivity contribution in [2.24, 2.45) is 0 Å². The first-order valence-corrected chi connectivity index (χ1v) is 7.25. The van der Waals surface area contributed by atoms with E-state index in [0.29, 0.717) is 18.3 Å². The average molecular weight is 278 g/mol. The van der Waals surface area contributed by atoms with Crippen LogP contribution in [-0.2, 0) is 0 Å². The van der Waals surface area contributed by atoms with Gasteiger partial charge < -0.3 is 20.7 Å². The Labute approximate surface area is 121 Å². The normalized spacial score (nSPS) is 20.9. The van der Waals surface area contributed by atoms with E-state index in [2.05, 4.69) is 29.2 Å². The molecule has 1 aliphatic rings. The van der Waals surface area contributed by atoms with Crippen LogP contribution in [0.15, 0.2) is 18.2 Å². The molecule has 1 aromatic carbocycles. The van der Waals surface area contributed by atoms with Crippen LogP contribution in [0.25, 0.3) is 0 Å². The lowest BCUT2D eigenvalue weighted by atomic mass is 10.1. The summed E-state index contributed by atoms with van der Waals surface area (Å²) in [6, 6.07) is 6.39. The molecule has 0 amide bonds. The van der Waals surface area contributed by atoms with Crippen LogP contribution in [-0.4, -0.2) is 62.7 Å². The Bertz CT molecular complexity index is 438. The van der Waals surface area contributed by atoms with Crippen LogP contribution >= 0.6 is 0 Å². The zero-order valence-corrected chi connectivity index (χ0v) is 12.7. The first-order chi connectivity index (χ1) is 9.61. The van der Waals surface area contributed by atoms with Gasteiger partial charge >= 0.3 is 0 Å².